The average molecular weight is 297 g/mol. The van der Waals surface area contributed by atoms with E-state index in [0.717, 1.165) is 16.9 Å². The van der Waals surface area contributed by atoms with E-state index in [0.29, 0.717) is 24.5 Å². The van der Waals surface area contributed by atoms with Gasteiger partial charge in [0.05, 0.1) is 12.7 Å². The Hall–Kier alpha value is -2.80. The molecule has 0 aromatic heterocycles. The van der Waals surface area contributed by atoms with E-state index in [1.807, 2.05) is 24.3 Å². The highest BCUT2D eigenvalue weighted by Gasteiger charge is 2.27. The van der Waals surface area contributed by atoms with Crippen molar-refractivity contribution < 1.29 is 9.53 Å². The van der Waals surface area contributed by atoms with Gasteiger partial charge in [-0.1, -0.05) is 12.1 Å². The molecule has 3 rings (SSSR count). The number of nitrogens with one attached hydrogen (secondary N) is 1. The van der Waals surface area contributed by atoms with Crippen LogP contribution in [0.25, 0.3) is 0 Å². The number of nitrogens with zero attached hydrogens (tertiary/aromatic N) is 3. The van der Waals surface area contributed by atoms with Crippen LogP contribution in [0.15, 0.2) is 50.4 Å². The van der Waals surface area contributed by atoms with Crippen molar-refractivity contribution in [1.29, 1.82) is 0 Å². The lowest BCUT2D eigenvalue weighted by atomic mass is 10.1. The van der Waals surface area contributed by atoms with Gasteiger partial charge in [-0.2, -0.15) is 9.98 Å². The van der Waals surface area contributed by atoms with Gasteiger partial charge in [0.25, 0.3) is 5.91 Å². The molecule has 1 amide bonds. The van der Waals surface area contributed by atoms with Gasteiger partial charge in [0.15, 0.2) is 5.84 Å². The summed E-state index contributed by atoms with van der Waals surface area (Å²) in [6.45, 7) is 1.17. The normalized spacial score (nSPS) is 16.5. The third kappa shape index (κ3) is 2.79. The average Bonchev–Trinajstić information content (AvgIpc) is 2.91. The molecule has 0 spiro atoms. The Kier molecular flexibility index (Phi) is 3.80. The predicted molar refractivity (Wildman–Crippen MR) is 84.3 cm³/mol. The van der Waals surface area contributed by atoms with Gasteiger partial charge in [-0.15, -0.1) is 0 Å². The van der Waals surface area contributed by atoms with E-state index >= 15 is 0 Å². The van der Waals surface area contributed by atoms with Crippen LogP contribution in [0.4, 0.5) is 0 Å². The van der Waals surface area contributed by atoms with Gasteiger partial charge in [-0.25, -0.2) is 4.99 Å². The van der Waals surface area contributed by atoms with Gasteiger partial charge >= 0.3 is 0 Å². The van der Waals surface area contributed by atoms with Crippen molar-refractivity contribution in [1.82, 2.24) is 5.32 Å². The number of fused-ring (bicyclic) bond motifs is 1. The van der Waals surface area contributed by atoms with E-state index in [1.165, 1.54) is 0 Å². The Morgan fingerprint density at radius 1 is 1.18 bits per heavy atom. The maximum atomic E-state index is 11.9. The number of hydrogen-bond acceptors (Lipinski definition) is 6. The van der Waals surface area contributed by atoms with Gasteiger partial charge in [0.1, 0.15) is 5.75 Å². The highest BCUT2D eigenvalue weighted by Crippen LogP contribution is 2.18. The molecule has 0 saturated carbocycles. The third-order valence-electron chi connectivity index (χ3n) is 3.34. The fraction of sp³-hybridized carbons (Fsp3) is 0.200. The molecule has 1 aromatic carbocycles. The van der Waals surface area contributed by atoms with Crippen molar-refractivity contribution in [3.63, 3.8) is 0 Å². The minimum atomic E-state index is -0.388. The van der Waals surface area contributed by atoms with Crippen LogP contribution in [0.3, 0.4) is 0 Å². The predicted octanol–water partition coefficient (Wildman–Crippen LogP) is 0.419. The number of ether oxygens (including phenoxy) is 1. The standard InChI is InChI=1S/C15H15N5O2/c1-22-11-4-2-9(3-5-11)6-17-7-10-8-18-13-12(10)14(21)20-15(16)19-13/h2-5,8,17H,6-7H2,1H3,(H2,16,20,21). The first-order valence-electron chi connectivity index (χ1n) is 6.76. The molecule has 3 N–H and O–H groups in total. The van der Waals surface area contributed by atoms with Crippen LogP contribution >= 0.6 is 0 Å². The molecule has 1 aromatic rings. The number of carbonyl (C=O) groups excluding carboxylic acids is 1. The van der Waals surface area contributed by atoms with E-state index < -0.39 is 0 Å². The Bertz CT molecular complexity index is 729. The fourth-order valence-corrected chi connectivity index (χ4v) is 2.24. The number of benzene rings is 1. The third-order valence-corrected chi connectivity index (χ3v) is 3.34. The monoisotopic (exact) mass is 297 g/mol. The van der Waals surface area contributed by atoms with Crippen molar-refractivity contribution in [2.75, 3.05) is 13.7 Å². The number of nitrogens with two attached hydrogens (primary N) is 1. The van der Waals surface area contributed by atoms with Crippen LogP contribution in [-0.4, -0.2) is 37.6 Å². The van der Waals surface area contributed by atoms with E-state index in [-0.39, 0.29) is 11.9 Å². The molecule has 7 heteroatoms. The Morgan fingerprint density at radius 3 is 2.68 bits per heavy atom. The molecule has 0 bridgehead atoms. The van der Waals surface area contributed by atoms with Crippen molar-refractivity contribution in [2.24, 2.45) is 20.7 Å². The fourth-order valence-electron chi connectivity index (χ4n) is 2.24. The van der Waals surface area contributed by atoms with Crippen LogP contribution in [0.5, 0.6) is 5.75 Å². The molecule has 0 atom stereocenters. The first-order chi connectivity index (χ1) is 10.7. The molecule has 22 heavy (non-hydrogen) atoms. The number of amidine groups is 1. The minimum Gasteiger partial charge on any atom is -0.497 e. The van der Waals surface area contributed by atoms with Crippen molar-refractivity contribution in [3.8, 4) is 5.75 Å². The molecule has 0 fully saturated rings. The van der Waals surface area contributed by atoms with Gasteiger partial charge in [0.2, 0.25) is 5.96 Å². The largest absolute Gasteiger partial charge is 0.497 e. The quantitative estimate of drug-likeness (QED) is 0.822. The SMILES string of the molecule is COc1ccc(CNCC2=C3C(=O)N=C(N)N=C3N=C2)cc1. The van der Waals surface area contributed by atoms with Crippen molar-refractivity contribution in [3.05, 3.63) is 41.0 Å². The van der Waals surface area contributed by atoms with Crippen molar-refractivity contribution >= 4 is 23.9 Å². The van der Waals surface area contributed by atoms with Gasteiger partial charge in [-0.3, -0.25) is 4.79 Å². The summed E-state index contributed by atoms with van der Waals surface area (Å²) in [7, 11) is 1.64. The molecule has 7 nitrogen and oxygen atoms in total. The number of carbonyl (C=O) groups is 1. The number of hydrogen-bond donors (Lipinski definition) is 2. The molecule has 0 saturated heterocycles. The van der Waals surface area contributed by atoms with Crippen LogP contribution < -0.4 is 15.8 Å². The molecule has 2 aliphatic heterocycles. The maximum absolute atomic E-state index is 11.9. The highest BCUT2D eigenvalue weighted by molar-refractivity contribution is 6.34. The molecule has 112 valence electrons. The van der Waals surface area contributed by atoms with Gasteiger partial charge in [-0.05, 0) is 17.7 Å². The van der Waals surface area contributed by atoms with Crippen LogP contribution in [0.2, 0.25) is 0 Å². The topological polar surface area (TPSA) is 101 Å². The highest BCUT2D eigenvalue weighted by atomic mass is 16.5. The zero-order valence-corrected chi connectivity index (χ0v) is 12.0. The van der Waals surface area contributed by atoms with Crippen LogP contribution in [0, 0.1) is 0 Å². The summed E-state index contributed by atoms with van der Waals surface area (Å²) in [5.41, 5.74) is 7.76. The summed E-state index contributed by atoms with van der Waals surface area (Å²) < 4.78 is 5.12. The van der Waals surface area contributed by atoms with Crippen molar-refractivity contribution in [2.45, 2.75) is 6.54 Å². The van der Waals surface area contributed by atoms with E-state index in [2.05, 4.69) is 20.3 Å². The molecular formula is C15H15N5O2. The second-order valence-electron chi connectivity index (χ2n) is 4.82. The summed E-state index contributed by atoms with van der Waals surface area (Å²) in [5.74, 6) is 0.731. The number of rotatable bonds is 5. The number of aliphatic imine (C=N–C) groups is 3. The summed E-state index contributed by atoms with van der Waals surface area (Å²) in [6.07, 6.45) is 1.63. The van der Waals surface area contributed by atoms with Crippen LogP contribution in [0.1, 0.15) is 5.56 Å². The molecule has 0 aliphatic carbocycles. The molecule has 2 heterocycles. The lowest BCUT2D eigenvalue weighted by Gasteiger charge is -2.09. The number of amides is 1. The van der Waals surface area contributed by atoms with Crippen LogP contribution in [-0.2, 0) is 11.3 Å². The Morgan fingerprint density at radius 2 is 1.95 bits per heavy atom. The molecule has 2 aliphatic rings. The van der Waals surface area contributed by atoms with E-state index in [4.69, 9.17) is 10.5 Å². The molecular weight excluding hydrogens is 282 g/mol. The Labute approximate surface area is 127 Å². The second-order valence-corrected chi connectivity index (χ2v) is 4.82. The summed E-state index contributed by atoms with van der Waals surface area (Å²) in [5, 5.41) is 3.27. The molecule has 0 unspecified atom stereocenters. The number of methoxy groups -OCH3 is 1. The smallest absolute Gasteiger partial charge is 0.284 e. The van der Waals surface area contributed by atoms with Gasteiger partial charge < -0.3 is 15.8 Å². The summed E-state index contributed by atoms with van der Waals surface area (Å²) >= 11 is 0. The summed E-state index contributed by atoms with van der Waals surface area (Å²) in [6, 6.07) is 7.78. The lowest BCUT2D eigenvalue weighted by molar-refractivity contribution is -0.113. The van der Waals surface area contributed by atoms with E-state index in [1.54, 1.807) is 13.3 Å². The summed E-state index contributed by atoms with van der Waals surface area (Å²) in [4.78, 5) is 23.6. The first kappa shape index (κ1) is 14.2. The number of guanidine groups is 1. The minimum absolute atomic E-state index is 0.0478. The zero-order chi connectivity index (χ0) is 15.5. The van der Waals surface area contributed by atoms with E-state index in [9.17, 15) is 4.79 Å². The second kappa shape index (κ2) is 5.90. The Balaban J connectivity index is 1.63. The first-order valence-corrected chi connectivity index (χ1v) is 6.76. The molecule has 0 radical (unpaired) electrons. The zero-order valence-electron chi connectivity index (χ0n) is 12.0. The maximum Gasteiger partial charge on any atom is 0.284 e. The van der Waals surface area contributed by atoms with Gasteiger partial charge in [0, 0.05) is 24.9 Å². The lowest BCUT2D eigenvalue weighted by Crippen LogP contribution is -2.24.